The number of pyridine rings is 1. The third kappa shape index (κ3) is 4.29. The number of nitrogens with zero attached hydrogens (tertiary/aromatic N) is 2. The average molecular weight is 275 g/mol. The Bertz CT molecular complexity index is 379. The summed E-state index contributed by atoms with van der Waals surface area (Å²) in [4.78, 5) is 6.96. The van der Waals surface area contributed by atoms with Crippen LogP contribution in [0.3, 0.4) is 0 Å². The first-order chi connectivity index (χ1) is 9.70. The lowest BCUT2D eigenvalue weighted by Gasteiger charge is -2.41. The number of hydrogen-bond donors (Lipinski definition) is 1. The molecule has 1 aliphatic rings. The second kappa shape index (κ2) is 7.75. The third-order valence-electron chi connectivity index (χ3n) is 4.56. The molecular weight excluding hydrogens is 246 g/mol. The van der Waals surface area contributed by atoms with Crippen LogP contribution in [0.25, 0.3) is 0 Å². The Labute approximate surface area is 123 Å². The van der Waals surface area contributed by atoms with Gasteiger partial charge in [0.2, 0.25) is 0 Å². The van der Waals surface area contributed by atoms with Gasteiger partial charge in [-0.3, -0.25) is 4.98 Å². The predicted octanol–water partition coefficient (Wildman–Crippen LogP) is 2.72. The lowest BCUT2D eigenvalue weighted by molar-refractivity contribution is 0.126. The van der Waals surface area contributed by atoms with Crippen LogP contribution in [0, 0.1) is 5.92 Å². The molecule has 1 aromatic heterocycles. The van der Waals surface area contributed by atoms with E-state index in [1.54, 1.807) is 0 Å². The molecule has 3 atom stereocenters. The molecule has 0 radical (unpaired) electrons. The molecule has 1 heterocycles. The van der Waals surface area contributed by atoms with Gasteiger partial charge in [-0.25, -0.2) is 0 Å². The van der Waals surface area contributed by atoms with Crippen molar-refractivity contribution in [2.24, 2.45) is 5.92 Å². The summed E-state index contributed by atoms with van der Waals surface area (Å²) >= 11 is 0. The maximum Gasteiger partial charge on any atom is 0.0416 e. The molecular formula is C17H29N3. The van der Waals surface area contributed by atoms with Gasteiger partial charge < -0.3 is 10.2 Å². The van der Waals surface area contributed by atoms with Crippen molar-refractivity contribution in [3.63, 3.8) is 0 Å². The summed E-state index contributed by atoms with van der Waals surface area (Å²) in [7, 11) is 2.27. The normalized spacial score (nSPS) is 26.9. The van der Waals surface area contributed by atoms with Gasteiger partial charge in [-0.05, 0) is 50.9 Å². The molecule has 0 aliphatic heterocycles. The van der Waals surface area contributed by atoms with Crippen molar-refractivity contribution in [1.29, 1.82) is 0 Å². The molecule has 3 nitrogen and oxygen atoms in total. The standard InChI is InChI=1S/C17H29N3/c1-4-18-16-9-8-14(2)13-17(16)20(3)12-10-15-7-5-6-11-19-15/h5-7,11,14,16-18H,4,8-10,12-13H2,1-3H3. The number of nitrogens with one attached hydrogen (secondary N) is 1. The second-order valence-corrected chi connectivity index (χ2v) is 6.20. The van der Waals surface area contributed by atoms with E-state index in [1.165, 1.54) is 25.0 Å². The molecule has 1 N–H and O–H groups in total. The molecule has 20 heavy (non-hydrogen) atoms. The Balaban J connectivity index is 1.89. The molecule has 1 fully saturated rings. The first-order valence-electron chi connectivity index (χ1n) is 8.04. The fraction of sp³-hybridized carbons (Fsp3) is 0.706. The molecule has 0 bridgehead atoms. The lowest BCUT2D eigenvalue weighted by Crippen LogP contribution is -2.52. The van der Waals surface area contributed by atoms with Crippen molar-refractivity contribution < 1.29 is 0 Å². The highest BCUT2D eigenvalue weighted by Gasteiger charge is 2.30. The van der Waals surface area contributed by atoms with Crippen LogP contribution >= 0.6 is 0 Å². The average Bonchev–Trinajstić information content (AvgIpc) is 2.48. The molecule has 0 aromatic carbocycles. The fourth-order valence-electron chi connectivity index (χ4n) is 3.34. The summed E-state index contributed by atoms with van der Waals surface area (Å²) in [5.74, 6) is 0.854. The second-order valence-electron chi connectivity index (χ2n) is 6.20. The Hall–Kier alpha value is -0.930. The van der Waals surface area contributed by atoms with Crippen molar-refractivity contribution in [2.45, 2.75) is 51.6 Å². The van der Waals surface area contributed by atoms with E-state index < -0.39 is 0 Å². The number of aromatic nitrogens is 1. The maximum absolute atomic E-state index is 4.42. The minimum Gasteiger partial charge on any atom is -0.313 e. The first kappa shape index (κ1) is 15.5. The van der Waals surface area contributed by atoms with Crippen molar-refractivity contribution in [2.75, 3.05) is 20.1 Å². The van der Waals surface area contributed by atoms with E-state index in [-0.39, 0.29) is 0 Å². The number of hydrogen-bond acceptors (Lipinski definition) is 3. The van der Waals surface area contributed by atoms with Crippen LogP contribution in [0.4, 0.5) is 0 Å². The summed E-state index contributed by atoms with van der Waals surface area (Å²) in [5.41, 5.74) is 1.20. The predicted molar refractivity (Wildman–Crippen MR) is 84.8 cm³/mol. The van der Waals surface area contributed by atoms with Gasteiger partial charge in [0, 0.05) is 36.9 Å². The zero-order valence-corrected chi connectivity index (χ0v) is 13.2. The highest BCUT2D eigenvalue weighted by molar-refractivity contribution is 5.04. The Morgan fingerprint density at radius 1 is 1.35 bits per heavy atom. The van der Waals surface area contributed by atoms with E-state index in [0.29, 0.717) is 12.1 Å². The zero-order chi connectivity index (χ0) is 14.4. The van der Waals surface area contributed by atoms with Gasteiger partial charge in [-0.2, -0.15) is 0 Å². The molecule has 0 amide bonds. The molecule has 3 heteroatoms. The zero-order valence-electron chi connectivity index (χ0n) is 13.2. The van der Waals surface area contributed by atoms with Crippen LogP contribution in [0.5, 0.6) is 0 Å². The SMILES string of the molecule is CCNC1CCC(C)CC1N(C)CCc1ccccn1. The molecule has 1 aromatic rings. The fourth-order valence-corrected chi connectivity index (χ4v) is 3.34. The smallest absolute Gasteiger partial charge is 0.0416 e. The van der Waals surface area contributed by atoms with Gasteiger partial charge in [-0.15, -0.1) is 0 Å². The molecule has 112 valence electrons. The van der Waals surface area contributed by atoms with Gasteiger partial charge in [0.05, 0.1) is 0 Å². The largest absolute Gasteiger partial charge is 0.313 e. The summed E-state index contributed by atoms with van der Waals surface area (Å²) in [6.07, 6.45) is 6.92. The summed E-state index contributed by atoms with van der Waals surface area (Å²) in [6, 6.07) is 7.51. The first-order valence-corrected chi connectivity index (χ1v) is 8.04. The van der Waals surface area contributed by atoms with Crippen molar-refractivity contribution in [1.82, 2.24) is 15.2 Å². The summed E-state index contributed by atoms with van der Waals surface area (Å²) < 4.78 is 0. The number of rotatable bonds is 6. The summed E-state index contributed by atoms with van der Waals surface area (Å²) in [6.45, 7) is 6.77. The Morgan fingerprint density at radius 2 is 2.20 bits per heavy atom. The van der Waals surface area contributed by atoms with Crippen LogP contribution in [0.2, 0.25) is 0 Å². The van der Waals surface area contributed by atoms with Gasteiger partial charge in [0.15, 0.2) is 0 Å². The number of likely N-dealkylation sites (N-methyl/N-ethyl adjacent to an activating group) is 2. The van der Waals surface area contributed by atoms with Crippen molar-refractivity contribution in [3.8, 4) is 0 Å². The van der Waals surface area contributed by atoms with E-state index >= 15 is 0 Å². The third-order valence-corrected chi connectivity index (χ3v) is 4.56. The lowest BCUT2D eigenvalue weighted by atomic mass is 9.82. The maximum atomic E-state index is 4.42. The minimum atomic E-state index is 0.657. The Kier molecular flexibility index (Phi) is 5.99. The molecule has 0 saturated heterocycles. The topological polar surface area (TPSA) is 28.2 Å². The van der Waals surface area contributed by atoms with Gasteiger partial charge in [0.1, 0.15) is 0 Å². The molecule has 1 aliphatic carbocycles. The molecule has 0 spiro atoms. The summed E-state index contributed by atoms with van der Waals surface area (Å²) in [5, 5.41) is 3.68. The highest BCUT2D eigenvalue weighted by atomic mass is 15.2. The highest BCUT2D eigenvalue weighted by Crippen LogP contribution is 2.27. The Morgan fingerprint density at radius 3 is 2.90 bits per heavy atom. The quantitative estimate of drug-likeness (QED) is 0.865. The van der Waals surface area contributed by atoms with Crippen LogP contribution in [0.15, 0.2) is 24.4 Å². The van der Waals surface area contributed by atoms with E-state index in [9.17, 15) is 0 Å². The monoisotopic (exact) mass is 275 g/mol. The van der Waals surface area contributed by atoms with Gasteiger partial charge in [0.25, 0.3) is 0 Å². The van der Waals surface area contributed by atoms with Gasteiger partial charge in [-0.1, -0.05) is 19.9 Å². The van der Waals surface area contributed by atoms with Crippen LogP contribution in [-0.2, 0) is 6.42 Å². The minimum absolute atomic E-state index is 0.657. The van der Waals surface area contributed by atoms with E-state index in [0.717, 1.165) is 25.4 Å². The molecule has 3 unspecified atom stereocenters. The molecule has 1 saturated carbocycles. The van der Waals surface area contributed by atoms with E-state index in [1.807, 2.05) is 12.3 Å². The van der Waals surface area contributed by atoms with Crippen LogP contribution < -0.4 is 5.32 Å². The van der Waals surface area contributed by atoms with E-state index in [4.69, 9.17) is 0 Å². The van der Waals surface area contributed by atoms with E-state index in [2.05, 4.69) is 48.2 Å². The molecule has 2 rings (SSSR count). The van der Waals surface area contributed by atoms with Gasteiger partial charge >= 0.3 is 0 Å². The van der Waals surface area contributed by atoms with Crippen LogP contribution in [-0.4, -0.2) is 42.1 Å². The van der Waals surface area contributed by atoms with Crippen molar-refractivity contribution >= 4 is 0 Å². The van der Waals surface area contributed by atoms with Crippen LogP contribution in [0.1, 0.15) is 38.8 Å². The van der Waals surface area contributed by atoms with Crippen molar-refractivity contribution in [3.05, 3.63) is 30.1 Å².